The van der Waals surface area contributed by atoms with E-state index in [4.69, 9.17) is 5.73 Å². The first-order chi connectivity index (χ1) is 8.15. The zero-order chi connectivity index (χ0) is 12.4. The van der Waals surface area contributed by atoms with Gasteiger partial charge >= 0.3 is 0 Å². The number of nitrogens with zero attached hydrogens (tertiary/aromatic N) is 4. The maximum Gasteiger partial charge on any atom is 0.281 e. The van der Waals surface area contributed by atoms with Crippen molar-refractivity contribution in [3.63, 3.8) is 0 Å². The number of hydrogen-bond donors (Lipinski definition) is 1. The van der Waals surface area contributed by atoms with Gasteiger partial charge in [-0.25, -0.2) is 4.98 Å². The molecule has 6 heteroatoms. The van der Waals surface area contributed by atoms with Gasteiger partial charge in [0.1, 0.15) is 5.52 Å². The van der Waals surface area contributed by atoms with Crippen molar-refractivity contribution in [1.82, 2.24) is 19.3 Å². The first-order valence-corrected chi connectivity index (χ1v) is 5.83. The quantitative estimate of drug-likeness (QED) is 0.799. The molecular formula is C11H17N5O. The second-order valence-corrected chi connectivity index (χ2v) is 4.14. The number of unbranched alkanes of at least 4 members (excludes halogenated alkanes) is 2. The normalized spacial score (nSPS) is 11.2. The molecular weight excluding hydrogens is 218 g/mol. The molecule has 0 saturated heterocycles. The van der Waals surface area contributed by atoms with E-state index >= 15 is 0 Å². The Morgan fingerprint density at radius 3 is 2.88 bits per heavy atom. The lowest BCUT2D eigenvalue weighted by Gasteiger charge is -2.08. The van der Waals surface area contributed by atoms with Crippen LogP contribution in [0.1, 0.15) is 26.2 Å². The summed E-state index contributed by atoms with van der Waals surface area (Å²) in [5, 5.41) is 4.02. The predicted octanol–water partition coefficient (Wildman–Crippen LogP) is 0.902. The van der Waals surface area contributed by atoms with Crippen LogP contribution in [0.2, 0.25) is 0 Å². The number of nitrogens with two attached hydrogens (primary N) is 1. The molecule has 0 aliphatic rings. The standard InChI is InChI=1S/C11H17N5O/c1-3-4-5-6-16-10(17)9-8(14-11(16)12)7-13-15(9)2/h7H,3-6H2,1-2H3,(H2,12,14). The van der Waals surface area contributed by atoms with E-state index in [1.54, 1.807) is 17.9 Å². The molecule has 0 spiro atoms. The van der Waals surface area contributed by atoms with Crippen molar-refractivity contribution in [1.29, 1.82) is 0 Å². The SMILES string of the molecule is CCCCCn1c(N)nc2cnn(C)c2c1=O. The van der Waals surface area contributed by atoms with Gasteiger partial charge in [0.2, 0.25) is 5.95 Å². The van der Waals surface area contributed by atoms with Crippen LogP contribution >= 0.6 is 0 Å². The third kappa shape index (κ3) is 2.02. The van der Waals surface area contributed by atoms with Crippen LogP contribution in [0.25, 0.3) is 11.0 Å². The second kappa shape index (κ2) is 4.57. The fraction of sp³-hybridized carbons (Fsp3) is 0.545. The summed E-state index contributed by atoms with van der Waals surface area (Å²) in [4.78, 5) is 16.4. The lowest BCUT2D eigenvalue weighted by molar-refractivity contribution is 0.589. The molecule has 0 atom stereocenters. The minimum absolute atomic E-state index is 0.108. The van der Waals surface area contributed by atoms with E-state index in [0.717, 1.165) is 19.3 Å². The molecule has 0 bridgehead atoms. The number of aromatic nitrogens is 4. The summed E-state index contributed by atoms with van der Waals surface area (Å²) < 4.78 is 3.07. The van der Waals surface area contributed by atoms with Crippen molar-refractivity contribution in [3.05, 3.63) is 16.6 Å². The third-order valence-corrected chi connectivity index (χ3v) is 2.86. The topological polar surface area (TPSA) is 78.7 Å². The van der Waals surface area contributed by atoms with Gasteiger partial charge in [0, 0.05) is 13.6 Å². The fourth-order valence-corrected chi connectivity index (χ4v) is 1.91. The largest absolute Gasteiger partial charge is 0.369 e. The lowest BCUT2D eigenvalue weighted by atomic mass is 10.2. The summed E-state index contributed by atoms with van der Waals surface area (Å²) in [6, 6.07) is 0. The van der Waals surface area contributed by atoms with E-state index in [9.17, 15) is 4.79 Å². The van der Waals surface area contributed by atoms with Gasteiger partial charge in [-0.2, -0.15) is 5.10 Å². The summed E-state index contributed by atoms with van der Waals surface area (Å²) in [6.07, 6.45) is 4.68. The number of anilines is 1. The molecule has 0 saturated carbocycles. The molecule has 0 fully saturated rings. The molecule has 17 heavy (non-hydrogen) atoms. The van der Waals surface area contributed by atoms with Crippen LogP contribution in [0, 0.1) is 0 Å². The first-order valence-electron chi connectivity index (χ1n) is 5.83. The molecule has 2 N–H and O–H groups in total. The Bertz CT molecular complexity index is 583. The Kier molecular flexibility index (Phi) is 3.12. The zero-order valence-corrected chi connectivity index (χ0v) is 10.2. The number of aryl methyl sites for hydroxylation is 1. The summed E-state index contributed by atoms with van der Waals surface area (Å²) in [6.45, 7) is 2.74. The van der Waals surface area contributed by atoms with Gasteiger partial charge in [-0.3, -0.25) is 14.0 Å². The molecule has 0 aliphatic heterocycles. The number of rotatable bonds is 4. The molecule has 2 heterocycles. The predicted molar refractivity (Wildman–Crippen MR) is 66.7 cm³/mol. The van der Waals surface area contributed by atoms with E-state index < -0.39 is 0 Å². The average molecular weight is 235 g/mol. The smallest absolute Gasteiger partial charge is 0.281 e. The zero-order valence-electron chi connectivity index (χ0n) is 10.2. The monoisotopic (exact) mass is 235 g/mol. The lowest BCUT2D eigenvalue weighted by Crippen LogP contribution is -2.25. The molecule has 0 radical (unpaired) electrons. The van der Waals surface area contributed by atoms with Crippen LogP contribution in [0.4, 0.5) is 5.95 Å². The second-order valence-electron chi connectivity index (χ2n) is 4.14. The van der Waals surface area contributed by atoms with Gasteiger partial charge in [0.25, 0.3) is 5.56 Å². The van der Waals surface area contributed by atoms with Crippen LogP contribution in [-0.2, 0) is 13.6 Å². The summed E-state index contributed by atoms with van der Waals surface area (Å²) in [5.74, 6) is 0.270. The Morgan fingerprint density at radius 1 is 1.41 bits per heavy atom. The molecule has 2 rings (SSSR count). The van der Waals surface area contributed by atoms with Gasteiger partial charge in [-0.15, -0.1) is 0 Å². The third-order valence-electron chi connectivity index (χ3n) is 2.86. The molecule has 2 aromatic rings. The Morgan fingerprint density at radius 2 is 2.18 bits per heavy atom. The van der Waals surface area contributed by atoms with Crippen molar-refractivity contribution in [2.45, 2.75) is 32.7 Å². The van der Waals surface area contributed by atoms with Gasteiger partial charge in [-0.1, -0.05) is 19.8 Å². The van der Waals surface area contributed by atoms with Crippen LogP contribution in [-0.4, -0.2) is 19.3 Å². The van der Waals surface area contributed by atoms with Gasteiger partial charge in [-0.05, 0) is 6.42 Å². The minimum atomic E-state index is -0.108. The van der Waals surface area contributed by atoms with Crippen LogP contribution in [0.15, 0.2) is 11.0 Å². The van der Waals surface area contributed by atoms with E-state index in [1.807, 2.05) is 0 Å². The maximum atomic E-state index is 12.2. The highest BCUT2D eigenvalue weighted by Crippen LogP contribution is 2.08. The maximum absolute atomic E-state index is 12.2. The Labute approximate surface area is 99.1 Å². The van der Waals surface area contributed by atoms with Crippen molar-refractivity contribution >= 4 is 17.0 Å². The van der Waals surface area contributed by atoms with Crippen molar-refractivity contribution in [2.75, 3.05) is 5.73 Å². The molecule has 6 nitrogen and oxygen atoms in total. The van der Waals surface area contributed by atoms with Crippen LogP contribution in [0.5, 0.6) is 0 Å². The summed E-state index contributed by atoms with van der Waals surface area (Å²) in [5.41, 5.74) is 6.75. The van der Waals surface area contributed by atoms with Crippen LogP contribution < -0.4 is 11.3 Å². The van der Waals surface area contributed by atoms with E-state index in [2.05, 4.69) is 17.0 Å². The highest BCUT2D eigenvalue weighted by Gasteiger charge is 2.11. The van der Waals surface area contributed by atoms with Crippen molar-refractivity contribution < 1.29 is 0 Å². The van der Waals surface area contributed by atoms with Crippen LogP contribution in [0.3, 0.4) is 0 Å². The molecule has 0 unspecified atom stereocenters. The van der Waals surface area contributed by atoms with Crippen molar-refractivity contribution in [2.24, 2.45) is 7.05 Å². The Balaban J connectivity index is 2.47. The number of nitrogen functional groups attached to an aromatic ring is 1. The Hall–Kier alpha value is -1.85. The molecule has 2 aromatic heterocycles. The van der Waals surface area contributed by atoms with E-state index in [1.165, 1.54) is 4.57 Å². The summed E-state index contributed by atoms with van der Waals surface area (Å²) >= 11 is 0. The molecule has 0 aromatic carbocycles. The molecule has 92 valence electrons. The van der Waals surface area contributed by atoms with Gasteiger partial charge in [0.05, 0.1) is 6.20 Å². The highest BCUT2D eigenvalue weighted by atomic mass is 16.1. The highest BCUT2D eigenvalue weighted by molar-refractivity contribution is 5.73. The minimum Gasteiger partial charge on any atom is -0.369 e. The number of hydrogen-bond acceptors (Lipinski definition) is 4. The van der Waals surface area contributed by atoms with Gasteiger partial charge < -0.3 is 5.73 Å². The fourth-order valence-electron chi connectivity index (χ4n) is 1.91. The molecule has 0 aliphatic carbocycles. The van der Waals surface area contributed by atoms with E-state index in [-0.39, 0.29) is 11.5 Å². The van der Waals surface area contributed by atoms with Gasteiger partial charge in [0.15, 0.2) is 5.52 Å². The van der Waals surface area contributed by atoms with E-state index in [0.29, 0.717) is 17.6 Å². The number of fused-ring (bicyclic) bond motifs is 1. The average Bonchev–Trinajstić information content (AvgIpc) is 2.65. The molecule has 0 amide bonds. The first kappa shape index (κ1) is 11.6. The van der Waals surface area contributed by atoms with Crippen molar-refractivity contribution in [3.8, 4) is 0 Å². The summed E-state index contributed by atoms with van der Waals surface area (Å²) in [7, 11) is 1.73.